The number of nitrogens with zero attached hydrogens (tertiary/aromatic N) is 5. The third-order valence-electron chi connectivity index (χ3n) is 5.14. The van der Waals surface area contributed by atoms with Gasteiger partial charge in [-0.1, -0.05) is 12.1 Å². The molecule has 1 aliphatic heterocycles. The lowest BCUT2D eigenvalue weighted by molar-refractivity contribution is 0.0713. The molecule has 3 aromatic heterocycles. The van der Waals surface area contributed by atoms with Crippen LogP contribution in [0.3, 0.4) is 0 Å². The number of ether oxygens (including phenoxy) is 1. The Morgan fingerprint density at radius 1 is 1.21 bits per heavy atom. The lowest BCUT2D eigenvalue weighted by Gasteiger charge is -2.32. The number of carbonyl (C=O) groups excluding carboxylic acids is 1. The second kappa shape index (κ2) is 6.49. The number of nitrogens with one attached hydrogen (secondary N) is 1. The Morgan fingerprint density at radius 2 is 2.07 bits per heavy atom. The van der Waals surface area contributed by atoms with Crippen molar-refractivity contribution in [2.45, 2.75) is 12.5 Å². The first-order valence-corrected chi connectivity index (χ1v) is 8.98. The summed E-state index contributed by atoms with van der Waals surface area (Å²) in [4.78, 5) is 27.0. The smallest absolute Gasteiger partial charge is 0.274 e. The Kier molecular flexibility index (Phi) is 3.82. The maximum absolute atomic E-state index is 13.3. The van der Waals surface area contributed by atoms with E-state index >= 15 is 0 Å². The zero-order chi connectivity index (χ0) is 19.1. The number of carbonyl (C=O) groups is 1. The van der Waals surface area contributed by atoms with Crippen molar-refractivity contribution in [2.24, 2.45) is 0 Å². The molecule has 1 aromatic carbocycles. The van der Waals surface area contributed by atoms with Gasteiger partial charge in [0.2, 0.25) is 0 Å². The number of aromatic amines is 1. The van der Waals surface area contributed by atoms with Crippen molar-refractivity contribution in [3.8, 4) is 5.75 Å². The summed E-state index contributed by atoms with van der Waals surface area (Å²) >= 11 is 0. The summed E-state index contributed by atoms with van der Waals surface area (Å²) in [7, 11) is 1.64. The van der Waals surface area contributed by atoms with E-state index in [4.69, 9.17) is 4.74 Å². The highest BCUT2D eigenvalue weighted by Crippen LogP contribution is 2.33. The maximum atomic E-state index is 13.3. The summed E-state index contributed by atoms with van der Waals surface area (Å²) in [6.07, 6.45) is 4.91. The van der Waals surface area contributed by atoms with Gasteiger partial charge in [-0.15, -0.1) is 0 Å². The van der Waals surface area contributed by atoms with Crippen LogP contribution in [0.15, 0.2) is 55.1 Å². The van der Waals surface area contributed by atoms with Gasteiger partial charge in [0.1, 0.15) is 5.75 Å². The highest BCUT2D eigenvalue weighted by Gasteiger charge is 2.33. The first kappa shape index (κ1) is 16.5. The van der Waals surface area contributed by atoms with Crippen LogP contribution in [0, 0.1) is 0 Å². The summed E-state index contributed by atoms with van der Waals surface area (Å²) < 4.78 is 6.83. The largest absolute Gasteiger partial charge is 0.497 e. The molecule has 1 amide bonds. The van der Waals surface area contributed by atoms with Crippen molar-refractivity contribution < 1.29 is 9.53 Å². The van der Waals surface area contributed by atoms with E-state index in [-0.39, 0.29) is 11.8 Å². The molecule has 0 saturated heterocycles. The molecule has 4 aromatic rings. The molecule has 140 valence electrons. The molecule has 0 bridgehead atoms. The third-order valence-corrected chi connectivity index (χ3v) is 5.14. The lowest BCUT2D eigenvalue weighted by Crippen LogP contribution is -2.39. The number of benzene rings is 1. The maximum Gasteiger partial charge on any atom is 0.274 e. The van der Waals surface area contributed by atoms with Crippen LogP contribution in [0.5, 0.6) is 5.75 Å². The van der Waals surface area contributed by atoms with Gasteiger partial charge in [0, 0.05) is 18.7 Å². The Bertz CT molecular complexity index is 1150. The number of fused-ring (bicyclic) bond motifs is 2. The molecule has 5 rings (SSSR count). The SMILES string of the molecule is COc1ccc(C2CN(C(=O)c3cnc4cccnn34)Cc3[nH]cnc32)cc1. The fourth-order valence-corrected chi connectivity index (χ4v) is 3.71. The normalized spacial score (nSPS) is 16.2. The van der Waals surface area contributed by atoms with Crippen LogP contribution in [0.25, 0.3) is 5.65 Å². The second-order valence-corrected chi connectivity index (χ2v) is 6.71. The number of hydrogen-bond acceptors (Lipinski definition) is 5. The molecule has 0 saturated carbocycles. The number of amides is 1. The van der Waals surface area contributed by atoms with Crippen LogP contribution in [0.4, 0.5) is 0 Å². The summed E-state index contributed by atoms with van der Waals surface area (Å²) in [5.74, 6) is 0.675. The molecule has 1 atom stereocenters. The average molecular weight is 374 g/mol. The van der Waals surface area contributed by atoms with Crippen molar-refractivity contribution in [1.29, 1.82) is 0 Å². The van der Waals surface area contributed by atoms with E-state index in [1.165, 1.54) is 0 Å². The van der Waals surface area contributed by atoms with Gasteiger partial charge in [-0.3, -0.25) is 4.79 Å². The Hall–Kier alpha value is -3.68. The van der Waals surface area contributed by atoms with Gasteiger partial charge in [-0.25, -0.2) is 14.5 Å². The molecule has 28 heavy (non-hydrogen) atoms. The minimum atomic E-state index is -0.107. The first-order valence-electron chi connectivity index (χ1n) is 8.98. The summed E-state index contributed by atoms with van der Waals surface area (Å²) in [6.45, 7) is 1.00. The van der Waals surface area contributed by atoms with Gasteiger partial charge in [-0.05, 0) is 29.8 Å². The van der Waals surface area contributed by atoms with Crippen molar-refractivity contribution in [2.75, 3.05) is 13.7 Å². The Labute approximate surface area is 160 Å². The van der Waals surface area contributed by atoms with Crippen molar-refractivity contribution in [3.63, 3.8) is 0 Å². The highest BCUT2D eigenvalue weighted by molar-refractivity contribution is 5.93. The fourth-order valence-electron chi connectivity index (χ4n) is 3.71. The Balaban J connectivity index is 1.50. The van der Waals surface area contributed by atoms with E-state index in [0.29, 0.717) is 24.4 Å². The summed E-state index contributed by atoms with van der Waals surface area (Å²) in [6, 6.07) is 11.5. The molecule has 4 heterocycles. The molecule has 0 aliphatic carbocycles. The molecule has 8 heteroatoms. The van der Waals surface area contributed by atoms with Gasteiger partial charge in [0.25, 0.3) is 5.91 Å². The molecule has 0 radical (unpaired) electrons. The fraction of sp³-hybridized carbons (Fsp3) is 0.200. The number of hydrogen-bond donors (Lipinski definition) is 1. The monoisotopic (exact) mass is 374 g/mol. The zero-order valence-corrected chi connectivity index (χ0v) is 15.2. The number of aromatic nitrogens is 5. The van der Waals surface area contributed by atoms with Gasteiger partial charge < -0.3 is 14.6 Å². The molecule has 8 nitrogen and oxygen atoms in total. The van der Waals surface area contributed by atoms with E-state index in [0.717, 1.165) is 22.7 Å². The van der Waals surface area contributed by atoms with E-state index in [9.17, 15) is 4.79 Å². The van der Waals surface area contributed by atoms with E-state index in [2.05, 4.69) is 20.1 Å². The number of imidazole rings is 2. The number of H-pyrrole nitrogens is 1. The molecular weight excluding hydrogens is 356 g/mol. The molecule has 1 aliphatic rings. The molecule has 1 N–H and O–H groups in total. The van der Waals surface area contributed by atoms with Gasteiger partial charge >= 0.3 is 0 Å². The summed E-state index contributed by atoms with van der Waals surface area (Å²) in [5.41, 5.74) is 4.11. The van der Waals surface area contributed by atoms with Crippen LogP contribution < -0.4 is 4.74 Å². The van der Waals surface area contributed by atoms with Crippen LogP contribution in [-0.2, 0) is 6.54 Å². The van der Waals surface area contributed by atoms with Crippen molar-refractivity contribution in [1.82, 2.24) is 29.5 Å². The quantitative estimate of drug-likeness (QED) is 0.594. The van der Waals surface area contributed by atoms with Crippen LogP contribution >= 0.6 is 0 Å². The van der Waals surface area contributed by atoms with Crippen molar-refractivity contribution in [3.05, 3.63) is 77.8 Å². The summed E-state index contributed by atoms with van der Waals surface area (Å²) in [5, 5.41) is 4.26. The van der Waals surface area contributed by atoms with Crippen LogP contribution in [0.1, 0.15) is 33.4 Å². The third kappa shape index (κ3) is 2.61. The first-order chi connectivity index (χ1) is 13.7. The zero-order valence-electron chi connectivity index (χ0n) is 15.2. The van der Waals surface area contributed by atoms with E-state index < -0.39 is 0 Å². The minimum absolute atomic E-state index is 0.0167. The predicted molar refractivity (Wildman–Crippen MR) is 101 cm³/mol. The van der Waals surface area contributed by atoms with Crippen LogP contribution in [0.2, 0.25) is 0 Å². The highest BCUT2D eigenvalue weighted by atomic mass is 16.5. The topological polar surface area (TPSA) is 88.4 Å². The number of methoxy groups -OCH3 is 1. The molecule has 1 unspecified atom stereocenters. The molecule has 0 fully saturated rings. The van der Waals surface area contributed by atoms with E-state index in [1.807, 2.05) is 35.2 Å². The van der Waals surface area contributed by atoms with E-state index in [1.54, 1.807) is 36.4 Å². The minimum Gasteiger partial charge on any atom is -0.497 e. The predicted octanol–water partition coefficient (Wildman–Crippen LogP) is 2.25. The average Bonchev–Trinajstić information content (AvgIpc) is 3.39. The lowest BCUT2D eigenvalue weighted by atomic mass is 9.90. The number of rotatable bonds is 3. The Morgan fingerprint density at radius 3 is 2.89 bits per heavy atom. The molecular formula is C20H18N6O2. The van der Waals surface area contributed by atoms with Crippen LogP contribution in [-0.4, -0.2) is 49.0 Å². The second-order valence-electron chi connectivity index (χ2n) is 6.71. The van der Waals surface area contributed by atoms with Gasteiger partial charge in [0.15, 0.2) is 11.3 Å². The molecule has 0 spiro atoms. The van der Waals surface area contributed by atoms with Gasteiger partial charge in [0.05, 0.1) is 37.6 Å². The standard InChI is InChI=1S/C20H18N6O2/c1-28-14-6-4-13(5-7-14)15-10-25(11-16-19(15)23-12-22-16)20(27)17-9-21-18-3-2-8-24-26(17)18/h2-9,12,15H,10-11H2,1H3,(H,22,23). The van der Waals surface area contributed by atoms with Crippen molar-refractivity contribution >= 4 is 11.6 Å². The van der Waals surface area contributed by atoms with Gasteiger partial charge in [-0.2, -0.15) is 5.10 Å².